The highest BCUT2D eigenvalue weighted by Crippen LogP contribution is 2.30. The van der Waals surface area contributed by atoms with Crippen LogP contribution in [0.5, 0.6) is 0 Å². The molecule has 2 rings (SSSR count). The van der Waals surface area contributed by atoms with Crippen LogP contribution in [-0.2, 0) is 23.7 Å². The minimum Gasteiger partial charge on any atom is -0.394 e. The third-order valence-electron chi connectivity index (χ3n) is 16.4. The fourth-order valence-corrected chi connectivity index (χ4v) is 10.9. The van der Waals surface area contributed by atoms with Crippen molar-refractivity contribution in [3.05, 3.63) is 72.9 Å². The summed E-state index contributed by atoms with van der Waals surface area (Å²) in [6.45, 7) is 2.68. The van der Waals surface area contributed by atoms with Crippen molar-refractivity contribution < 1.29 is 64.6 Å². The Balaban J connectivity index is 1.61. The predicted molar refractivity (Wildman–Crippen MR) is 341 cm³/mol. The zero-order chi connectivity index (χ0) is 60.9. The van der Waals surface area contributed by atoms with Crippen molar-refractivity contribution in [2.45, 2.75) is 344 Å². The van der Waals surface area contributed by atoms with Crippen LogP contribution in [0.25, 0.3) is 0 Å². The van der Waals surface area contributed by atoms with Crippen LogP contribution >= 0.6 is 0 Å². The first-order chi connectivity index (χ1) is 41.1. The fourth-order valence-electron chi connectivity index (χ4n) is 10.9. The van der Waals surface area contributed by atoms with Crippen LogP contribution < -0.4 is 5.32 Å². The van der Waals surface area contributed by atoms with Gasteiger partial charge in [0.25, 0.3) is 0 Å². The van der Waals surface area contributed by atoms with Crippen molar-refractivity contribution in [1.82, 2.24) is 5.32 Å². The summed E-state index contributed by atoms with van der Waals surface area (Å²) < 4.78 is 22.8. The van der Waals surface area contributed by atoms with Gasteiger partial charge in [-0.25, -0.2) is 0 Å². The third kappa shape index (κ3) is 38.7. The number of amides is 1. The van der Waals surface area contributed by atoms with E-state index in [2.05, 4.69) is 79.9 Å². The van der Waals surface area contributed by atoms with Gasteiger partial charge in [-0.1, -0.05) is 267 Å². The number of aliphatic hydroxyl groups excluding tert-OH is 8. The van der Waals surface area contributed by atoms with Gasteiger partial charge >= 0.3 is 0 Å². The van der Waals surface area contributed by atoms with Crippen LogP contribution in [0.1, 0.15) is 271 Å². The van der Waals surface area contributed by atoms with Gasteiger partial charge in [0, 0.05) is 6.42 Å². The van der Waals surface area contributed by atoms with Gasteiger partial charge in [-0.3, -0.25) is 4.79 Å². The zero-order valence-corrected chi connectivity index (χ0v) is 52.9. The number of rotatable bonds is 55. The average Bonchev–Trinajstić information content (AvgIpc) is 3.23. The predicted octanol–water partition coefficient (Wildman–Crippen LogP) is 13.5. The molecule has 0 aliphatic carbocycles. The average molecular weight is 1190 g/mol. The number of ether oxygens (including phenoxy) is 4. The molecule has 1 amide bonds. The van der Waals surface area contributed by atoms with E-state index in [0.29, 0.717) is 12.8 Å². The second-order valence-corrected chi connectivity index (χ2v) is 23.9. The summed E-state index contributed by atoms with van der Waals surface area (Å²) in [5.74, 6) is -0.247. The van der Waals surface area contributed by atoms with E-state index in [-0.39, 0.29) is 18.9 Å². The monoisotopic (exact) mass is 1190 g/mol. The number of nitrogens with one attached hydrogen (secondary N) is 1. The molecule has 84 heavy (non-hydrogen) atoms. The number of hydrogen-bond acceptors (Lipinski definition) is 13. The quantitative estimate of drug-likeness (QED) is 0.0204. The molecular weight excluding hydrogens is 1060 g/mol. The summed E-state index contributed by atoms with van der Waals surface area (Å²) in [5, 5.41) is 87.2. The lowest BCUT2D eigenvalue weighted by Crippen LogP contribution is -2.65. The second kappa shape index (κ2) is 54.6. The van der Waals surface area contributed by atoms with E-state index in [1.54, 1.807) is 6.08 Å². The first-order valence-corrected chi connectivity index (χ1v) is 34.2. The summed E-state index contributed by atoms with van der Waals surface area (Å²) in [4.78, 5) is 13.3. The molecule has 12 atom stereocenters. The minimum absolute atomic E-state index is 0.247. The molecule has 2 fully saturated rings. The second-order valence-electron chi connectivity index (χ2n) is 23.9. The maximum absolute atomic E-state index is 13.3. The lowest BCUT2D eigenvalue weighted by Gasteiger charge is -2.46. The fraction of sp³-hybridized carbons (Fsp3) is 0.814. The zero-order valence-electron chi connectivity index (χ0n) is 52.9. The van der Waals surface area contributed by atoms with E-state index in [1.165, 1.54) is 180 Å². The summed E-state index contributed by atoms with van der Waals surface area (Å²) >= 11 is 0. The van der Waals surface area contributed by atoms with Crippen LogP contribution in [-0.4, -0.2) is 140 Å². The summed E-state index contributed by atoms with van der Waals surface area (Å²) in [7, 11) is 0. The Morgan fingerprint density at radius 2 is 0.833 bits per heavy atom. The molecule has 0 aromatic heterocycles. The van der Waals surface area contributed by atoms with Crippen molar-refractivity contribution in [3.8, 4) is 0 Å². The Hall–Kier alpha value is -2.57. The maximum Gasteiger partial charge on any atom is 0.220 e. The largest absolute Gasteiger partial charge is 0.394 e. The molecule has 488 valence electrons. The van der Waals surface area contributed by atoms with Gasteiger partial charge in [-0.2, -0.15) is 0 Å². The van der Waals surface area contributed by atoms with Crippen LogP contribution in [0.3, 0.4) is 0 Å². The van der Waals surface area contributed by atoms with E-state index in [1.807, 2.05) is 6.08 Å². The van der Waals surface area contributed by atoms with E-state index in [9.17, 15) is 45.6 Å². The highest BCUT2D eigenvalue weighted by Gasteiger charge is 2.51. The van der Waals surface area contributed by atoms with Gasteiger partial charge in [0.2, 0.25) is 5.91 Å². The van der Waals surface area contributed by atoms with Crippen LogP contribution in [0.15, 0.2) is 72.9 Å². The van der Waals surface area contributed by atoms with E-state index < -0.39 is 86.8 Å². The standard InChI is InChI=1S/C70H125NO13/c1-3-5-7-9-11-13-15-17-19-20-21-22-23-24-25-26-27-28-29-30-31-32-33-34-35-36-37-38-40-42-44-46-48-50-52-54-62(75)71-58(59(74)53-51-49-47-45-43-41-39-18-16-14-12-10-8-6-4-2)57-81-69-67(80)65(78)68(61(56-73)83-69)84-70-66(79)64(77)63(76)60(55-72)82-70/h5,7,11,13,17,19,21-22,43,45,51,53,58-61,63-70,72-74,76-80H,3-4,6,8-10,12,14-16,18,20,23-42,44,46-50,52,54-57H2,1-2H3,(H,71,75)/b7-5-,13-11-,19-17-,22-21-,45-43+,53-51+. The van der Waals surface area contributed by atoms with Gasteiger partial charge in [0.15, 0.2) is 12.6 Å². The first kappa shape index (κ1) is 77.5. The summed E-state index contributed by atoms with van der Waals surface area (Å²) in [6.07, 6.45) is 56.9. The molecule has 12 unspecified atom stereocenters. The smallest absolute Gasteiger partial charge is 0.220 e. The molecule has 9 N–H and O–H groups in total. The van der Waals surface area contributed by atoms with Crippen molar-refractivity contribution in [2.24, 2.45) is 0 Å². The SMILES string of the molecule is CC/C=C\C/C=C\C/C=C\C/C=C\CCCCCCCCCCCCCCCCCCCCCCCCC(=O)NC(COC1OC(CO)C(OC2OC(CO)C(O)C(O)C2O)C(O)C1O)C(O)/C=C/CC/C=C/CCCCCCCCCCC. The lowest BCUT2D eigenvalue weighted by molar-refractivity contribution is -0.359. The van der Waals surface area contributed by atoms with Gasteiger partial charge in [0.05, 0.1) is 32.0 Å². The number of hydrogen-bond donors (Lipinski definition) is 9. The van der Waals surface area contributed by atoms with E-state index in [4.69, 9.17) is 18.9 Å². The molecule has 0 aromatic rings. The van der Waals surface area contributed by atoms with Gasteiger partial charge in [-0.05, 0) is 70.6 Å². The molecule has 14 heteroatoms. The molecule has 14 nitrogen and oxygen atoms in total. The van der Waals surface area contributed by atoms with Gasteiger partial charge in [0.1, 0.15) is 48.8 Å². The van der Waals surface area contributed by atoms with Crippen LogP contribution in [0, 0.1) is 0 Å². The summed E-state index contributed by atoms with van der Waals surface area (Å²) in [6, 6.07) is -0.932. The van der Waals surface area contributed by atoms with Crippen molar-refractivity contribution in [3.63, 3.8) is 0 Å². The minimum atomic E-state index is -1.79. The molecule has 0 aromatic carbocycles. The molecule has 2 aliphatic heterocycles. The Labute approximate surface area is 510 Å². The number of carbonyl (C=O) groups excluding carboxylic acids is 1. The summed E-state index contributed by atoms with van der Waals surface area (Å²) in [5.41, 5.74) is 0. The van der Waals surface area contributed by atoms with Crippen molar-refractivity contribution >= 4 is 5.91 Å². The molecule has 2 heterocycles. The topological polar surface area (TPSA) is 228 Å². The highest BCUT2D eigenvalue weighted by atomic mass is 16.7. The van der Waals surface area contributed by atoms with Gasteiger partial charge in [-0.15, -0.1) is 0 Å². The van der Waals surface area contributed by atoms with Crippen LogP contribution in [0.2, 0.25) is 0 Å². The number of aliphatic hydroxyl groups is 8. The first-order valence-electron chi connectivity index (χ1n) is 34.2. The number of unbranched alkanes of at least 4 members (excludes halogenated alkanes) is 32. The molecule has 0 bridgehead atoms. The van der Waals surface area contributed by atoms with E-state index in [0.717, 1.165) is 57.8 Å². The normalized spacial score (nSPS) is 24.1. The molecular formula is C70H125NO13. The molecule has 2 saturated heterocycles. The lowest BCUT2D eigenvalue weighted by atomic mass is 9.97. The highest BCUT2D eigenvalue weighted by molar-refractivity contribution is 5.76. The van der Waals surface area contributed by atoms with Gasteiger partial charge < -0.3 is 65.1 Å². The van der Waals surface area contributed by atoms with Crippen LogP contribution in [0.4, 0.5) is 0 Å². The molecule has 0 spiro atoms. The van der Waals surface area contributed by atoms with Crippen molar-refractivity contribution in [2.75, 3.05) is 19.8 Å². The number of allylic oxidation sites excluding steroid dienone is 11. The Bertz CT molecular complexity index is 1690. The Morgan fingerprint density at radius 3 is 1.31 bits per heavy atom. The molecule has 0 saturated carbocycles. The third-order valence-corrected chi connectivity index (χ3v) is 16.4. The maximum atomic E-state index is 13.3. The molecule has 0 radical (unpaired) electrons. The Kier molecular flexibility index (Phi) is 50.4. The number of carbonyl (C=O) groups is 1. The van der Waals surface area contributed by atoms with E-state index >= 15 is 0 Å². The van der Waals surface area contributed by atoms with Crippen molar-refractivity contribution in [1.29, 1.82) is 0 Å². The Morgan fingerprint density at radius 1 is 0.440 bits per heavy atom. The molecule has 2 aliphatic rings.